The van der Waals surface area contributed by atoms with Gasteiger partial charge in [-0.25, -0.2) is 4.98 Å². The zero-order valence-corrected chi connectivity index (χ0v) is 11.3. The third-order valence-electron chi connectivity index (χ3n) is 3.16. The molecule has 1 fully saturated rings. The minimum atomic E-state index is -0.815. The fourth-order valence-electron chi connectivity index (χ4n) is 2.24. The van der Waals surface area contributed by atoms with Gasteiger partial charge in [0.15, 0.2) is 0 Å². The average molecular weight is 268 g/mol. The van der Waals surface area contributed by atoms with E-state index < -0.39 is 11.9 Å². The fourth-order valence-corrected chi connectivity index (χ4v) is 3.12. The highest BCUT2D eigenvalue weighted by atomic mass is 32.1. The number of hydrogen-bond donors (Lipinski definition) is 1. The molecule has 6 heteroatoms. The van der Waals surface area contributed by atoms with Crippen molar-refractivity contribution in [2.24, 2.45) is 5.92 Å². The lowest BCUT2D eigenvalue weighted by atomic mass is 9.98. The van der Waals surface area contributed by atoms with Crippen LogP contribution in [0.1, 0.15) is 33.2 Å². The minimum Gasteiger partial charge on any atom is -0.481 e. The molecule has 0 spiro atoms. The van der Waals surface area contributed by atoms with E-state index in [0.717, 1.165) is 17.1 Å². The summed E-state index contributed by atoms with van der Waals surface area (Å²) in [5, 5.41) is 9.88. The number of carbonyl (C=O) groups excluding carboxylic acids is 1. The molecule has 0 bridgehead atoms. The summed E-state index contributed by atoms with van der Waals surface area (Å²) in [4.78, 5) is 29.8. The van der Waals surface area contributed by atoms with E-state index in [1.807, 2.05) is 13.8 Å². The summed E-state index contributed by atoms with van der Waals surface area (Å²) in [6, 6.07) is 0. The van der Waals surface area contributed by atoms with Crippen molar-refractivity contribution in [3.63, 3.8) is 0 Å². The monoisotopic (exact) mass is 268 g/mol. The van der Waals surface area contributed by atoms with Crippen molar-refractivity contribution in [1.82, 2.24) is 9.88 Å². The highest BCUT2D eigenvalue weighted by molar-refractivity contribution is 7.13. The lowest BCUT2D eigenvalue weighted by Gasteiger charge is -2.30. The fraction of sp³-hybridized carbons (Fsp3) is 0.583. The zero-order chi connectivity index (χ0) is 13.3. The number of likely N-dealkylation sites (tertiary alicyclic amines) is 1. The summed E-state index contributed by atoms with van der Waals surface area (Å²) >= 11 is 1.38. The number of aromatic nitrogens is 1. The SMILES string of the molecule is Cc1nc(C)c(C(=O)N2CCCC(C(=O)O)C2)s1. The molecule has 1 unspecified atom stereocenters. The molecule has 5 nitrogen and oxygen atoms in total. The number of thiazole rings is 1. The first-order valence-corrected chi connectivity index (χ1v) is 6.77. The third-order valence-corrected chi connectivity index (χ3v) is 4.22. The maximum Gasteiger partial charge on any atom is 0.308 e. The maximum absolute atomic E-state index is 12.3. The normalized spacial score (nSPS) is 19.9. The van der Waals surface area contributed by atoms with Gasteiger partial charge in [-0.1, -0.05) is 0 Å². The molecule has 1 amide bonds. The van der Waals surface area contributed by atoms with Crippen LogP contribution in [0.4, 0.5) is 0 Å². The van der Waals surface area contributed by atoms with Crippen molar-refractivity contribution < 1.29 is 14.7 Å². The van der Waals surface area contributed by atoms with E-state index in [4.69, 9.17) is 5.11 Å². The van der Waals surface area contributed by atoms with E-state index in [1.54, 1.807) is 4.90 Å². The molecule has 0 aliphatic carbocycles. The first kappa shape index (κ1) is 13.0. The van der Waals surface area contributed by atoms with E-state index in [-0.39, 0.29) is 5.91 Å². The number of amides is 1. The number of aliphatic carboxylic acids is 1. The van der Waals surface area contributed by atoms with E-state index >= 15 is 0 Å². The van der Waals surface area contributed by atoms with Gasteiger partial charge in [0.25, 0.3) is 5.91 Å². The van der Waals surface area contributed by atoms with Gasteiger partial charge in [-0.2, -0.15) is 0 Å². The molecule has 2 rings (SSSR count). The van der Waals surface area contributed by atoms with Crippen LogP contribution in [0, 0.1) is 19.8 Å². The van der Waals surface area contributed by atoms with Gasteiger partial charge >= 0.3 is 5.97 Å². The van der Waals surface area contributed by atoms with E-state index in [0.29, 0.717) is 24.4 Å². The third kappa shape index (κ3) is 2.53. The summed E-state index contributed by atoms with van der Waals surface area (Å²) in [5.74, 6) is -1.33. The predicted molar refractivity (Wildman–Crippen MR) is 67.9 cm³/mol. The second-order valence-corrected chi connectivity index (χ2v) is 5.78. The Labute approximate surface area is 109 Å². The van der Waals surface area contributed by atoms with Crippen LogP contribution in [-0.4, -0.2) is 40.0 Å². The first-order chi connectivity index (χ1) is 8.49. The lowest BCUT2D eigenvalue weighted by molar-refractivity contribution is -0.143. The number of nitrogens with zero attached hydrogens (tertiary/aromatic N) is 2. The Hall–Kier alpha value is -1.43. The standard InChI is InChI=1S/C12H16N2O3S/c1-7-10(18-8(2)13-7)11(15)14-5-3-4-9(6-14)12(16)17/h9H,3-6H2,1-2H3,(H,16,17). The lowest BCUT2D eigenvalue weighted by Crippen LogP contribution is -2.42. The summed E-state index contributed by atoms with van der Waals surface area (Å²) < 4.78 is 0. The summed E-state index contributed by atoms with van der Waals surface area (Å²) in [7, 11) is 0. The van der Waals surface area contributed by atoms with Crippen LogP contribution in [0.5, 0.6) is 0 Å². The summed E-state index contributed by atoms with van der Waals surface area (Å²) in [6.07, 6.45) is 1.40. The molecule has 18 heavy (non-hydrogen) atoms. The smallest absolute Gasteiger partial charge is 0.308 e. The number of hydrogen-bond acceptors (Lipinski definition) is 4. The molecule has 1 aliphatic rings. The Morgan fingerprint density at radius 1 is 1.44 bits per heavy atom. The molecule has 1 atom stereocenters. The molecule has 98 valence electrons. The van der Waals surface area contributed by atoms with E-state index in [1.165, 1.54) is 11.3 Å². The maximum atomic E-state index is 12.3. The molecule has 1 aliphatic heterocycles. The van der Waals surface area contributed by atoms with Crippen molar-refractivity contribution in [3.05, 3.63) is 15.6 Å². The predicted octanol–water partition coefficient (Wildman–Crippen LogP) is 1.70. The molecule has 1 N–H and O–H groups in total. The Balaban J connectivity index is 2.14. The Bertz CT molecular complexity index is 484. The van der Waals surface area contributed by atoms with Crippen molar-refractivity contribution in [2.75, 3.05) is 13.1 Å². The quantitative estimate of drug-likeness (QED) is 0.886. The number of aryl methyl sites for hydroxylation is 2. The zero-order valence-electron chi connectivity index (χ0n) is 10.5. The number of carbonyl (C=O) groups is 2. The summed E-state index contributed by atoms with van der Waals surface area (Å²) in [5.41, 5.74) is 0.736. The molecule has 1 aromatic heterocycles. The van der Waals surface area contributed by atoms with Gasteiger partial charge in [0.2, 0.25) is 0 Å². The molecule has 1 aromatic rings. The Morgan fingerprint density at radius 2 is 2.17 bits per heavy atom. The number of carboxylic acid groups (broad SMARTS) is 1. The van der Waals surface area contributed by atoms with Crippen LogP contribution < -0.4 is 0 Å². The number of piperidine rings is 1. The molecular formula is C12H16N2O3S. The van der Waals surface area contributed by atoms with Crippen LogP contribution in [0.3, 0.4) is 0 Å². The number of rotatable bonds is 2. The molecule has 0 aromatic carbocycles. The minimum absolute atomic E-state index is 0.0796. The van der Waals surface area contributed by atoms with Gasteiger partial charge < -0.3 is 10.0 Å². The van der Waals surface area contributed by atoms with Crippen LogP contribution >= 0.6 is 11.3 Å². The van der Waals surface area contributed by atoms with Gasteiger partial charge in [0.05, 0.1) is 16.6 Å². The average Bonchev–Trinajstić information content (AvgIpc) is 2.67. The molecule has 2 heterocycles. The first-order valence-electron chi connectivity index (χ1n) is 5.95. The van der Waals surface area contributed by atoms with E-state index in [9.17, 15) is 9.59 Å². The Morgan fingerprint density at radius 3 is 2.72 bits per heavy atom. The van der Waals surface area contributed by atoms with Crippen molar-refractivity contribution in [1.29, 1.82) is 0 Å². The Kier molecular flexibility index (Phi) is 3.65. The van der Waals surface area contributed by atoms with Crippen LogP contribution in [0.2, 0.25) is 0 Å². The van der Waals surface area contributed by atoms with Gasteiger partial charge in [-0.05, 0) is 26.7 Å². The molecule has 1 saturated heterocycles. The second kappa shape index (κ2) is 5.06. The van der Waals surface area contributed by atoms with Crippen LogP contribution in [0.25, 0.3) is 0 Å². The van der Waals surface area contributed by atoms with Crippen LogP contribution in [0.15, 0.2) is 0 Å². The highest BCUT2D eigenvalue weighted by Crippen LogP contribution is 2.23. The topological polar surface area (TPSA) is 70.5 Å². The van der Waals surface area contributed by atoms with E-state index in [2.05, 4.69) is 4.98 Å². The second-order valence-electron chi connectivity index (χ2n) is 4.58. The van der Waals surface area contributed by atoms with Crippen molar-refractivity contribution in [2.45, 2.75) is 26.7 Å². The molecule has 0 saturated carbocycles. The summed E-state index contributed by atoms with van der Waals surface area (Å²) in [6.45, 7) is 4.63. The highest BCUT2D eigenvalue weighted by Gasteiger charge is 2.30. The van der Waals surface area contributed by atoms with Gasteiger partial charge in [-0.15, -0.1) is 11.3 Å². The van der Waals surface area contributed by atoms with Gasteiger partial charge in [0, 0.05) is 13.1 Å². The molecule has 0 radical (unpaired) electrons. The van der Waals surface area contributed by atoms with Gasteiger partial charge in [0.1, 0.15) is 4.88 Å². The van der Waals surface area contributed by atoms with Crippen molar-refractivity contribution >= 4 is 23.2 Å². The van der Waals surface area contributed by atoms with Crippen LogP contribution in [-0.2, 0) is 4.79 Å². The molecular weight excluding hydrogens is 252 g/mol. The van der Waals surface area contributed by atoms with Crippen molar-refractivity contribution in [3.8, 4) is 0 Å². The largest absolute Gasteiger partial charge is 0.481 e. The number of carboxylic acids is 1. The van der Waals surface area contributed by atoms with Gasteiger partial charge in [-0.3, -0.25) is 9.59 Å².